The molecule has 1 aliphatic rings. The summed E-state index contributed by atoms with van der Waals surface area (Å²) in [5.41, 5.74) is 4.16. The summed E-state index contributed by atoms with van der Waals surface area (Å²) in [7, 11) is 0. The van der Waals surface area contributed by atoms with E-state index in [-0.39, 0.29) is 17.6 Å². The average molecular weight is 533 g/mol. The lowest BCUT2D eigenvalue weighted by molar-refractivity contribution is -0.132. The van der Waals surface area contributed by atoms with Crippen molar-refractivity contribution in [3.63, 3.8) is 0 Å². The summed E-state index contributed by atoms with van der Waals surface area (Å²) in [5, 5.41) is 0.881. The molecule has 0 aliphatic carbocycles. The number of benzene rings is 2. The third-order valence-electron chi connectivity index (χ3n) is 7.20. The number of amides is 1. The largest absolute Gasteiger partial charge is 0.346 e. The van der Waals surface area contributed by atoms with E-state index in [2.05, 4.69) is 59.3 Å². The molecule has 200 valence electrons. The van der Waals surface area contributed by atoms with Crippen LogP contribution in [-0.2, 0) is 11.2 Å². The van der Waals surface area contributed by atoms with Crippen LogP contribution >= 0.6 is 11.5 Å². The van der Waals surface area contributed by atoms with Crippen LogP contribution in [0.25, 0.3) is 11.0 Å². The number of nitrogens with zero attached hydrogens (tertiary/aromatic N) is 5. The third kappa shape index (κ3) is 5.99. The molecule has 0 spiro atoms. The molecule has 1 aliphatic heterocycles. The molecule has 2 aromatic heterocycles. The van der Waals surface area contributed by atoms with Gasteiger partial charge in [-0.3, -0.25) is 9.36 Å². The Kier molecular flexibility index (Phi) is 7.93. The number of aromatic nitrogens is 4. The van der Waals surface area contributed by atoms with Gasteiger partial charge in [-0.1, -0.05) is 55.8 Å². The second-order valence-corrected chi connectivity index (χ2v) is 11.4. The highest BCUT2D eigenvalue weighted by Gasteiger charge is 2.26. The molecular formula is C29H36N6O2S. The third-order valence-corrected chi connectivity index (χ3v) is 8.01. The normalized spacial score (nSPS) is 14.5. The molecule has 9 heteroatoms. The maximum atomic E-state index is 13.2. The van der Waals surface area contributed by atoms with Crippen molar-refractivity contribution in [2.75, 3.05) is 31.1 Å². The highest BCUT2D eigenvalue weighted by atomic mass is 32.1. The van der Waals surface area contributed by atoms with Gasteiger partial charge in [-0.05, 0) is 43.4 Å². The summed E-state index contributed by atoms with van der Waals surface area (Å²) in [6, 6.07) is 16.4. The van der Waals surface area contributed by atoms with Crippen LogP contribution < -0.4 is 10.6 Å². The molecule has 0 radical (unpaired) electrons. The van der Waals surface area contributed by atoms with Gasteiger partial charge < -0.3 is 14.8 Å². The van der Waals surface area contributed by atoms with Gasteiger partial charge >= 0.3 is 5.69 Å². The monoisotopic (exact) mass is 532 g/mol. The Balaban J connectivity index is 1.18. The number of H-pyrrole nitrogens is 1. The molecular weight excluding hydrogens is 496 g/mol. The number of anilines is 1. The van der Waals surface area contributed by atoms with E-state index in [9.17, 15) is 9.59 Å². The molecule has 1 fully saturated rings. The zero-order valence-corrected chi connectivity index (χ0v) is 23.2. The second kappa shape index (κ2) is 11.5. The molecule has 38 heavy (non-hydrogen) atoms. The highest BCUT2D eigenvalue weighted by molar-refractivity contribution is 7.09. The van der Waals surface area contributed by atoms with Crippen molar-refractivity contribution in [1.82, 2.24) is 23.8 Å². The van der Waals surface area contributed by atoms with Crippen LogP contribution in [0.3, 0.4) is 0 Å². The average Bonchev–Trinajstić information content (AvgIpc) is 3.51. The maximum Gasteiger partial charge on any atom is 0.326 e. The summed E-state index contributed by atoms with van der Waals surface area (Å²) in [4.78, 5) is 37.7. The number of imidazole rings is 1. The lowest BCUT2D eigenvalue weighted by Crippen LogP contribution is -2.42. The van der Waals surface area contributed by atoms with Gasteiger partial charge in [0.05, 0.1) is 11.0 Å². The molecule has 0 unspecified atom stereocenters. The molecule has 0 saturated carbocycles. The smallest absolute Gasteiger partial charge is 0.326 e. The number of hydrogen-bond donors (Lipinski definition) is 1. The molecule has 0 bridgehead atoms. The minimum Gasteiger partial charge on any atom is -0.346 e. The zero-order valence-electron chi connectivity index (χ0n) is 22.4. The van der Waals surface area contributed by atoms with E-state index in [0.717, 1.165) is 41.4 Å². The van der Waals surface area contributed by atoms with Gasteiger partial charge in [0, 0.05) is 56.6 Å². The predicted octanol–water partition coefficient (Wildman–Crippen LogP) is 4.80. The lowest BCUT2D eigenvalue weighted by Gasteiger charge is -2.33. The standard InChI is InChI=1S/C29H36N6O2S/c1-20(2)19-34(29-31-26(32-38-29)18-22-10-8-21(3)9-11-22)17-14-27(36)33-15-12-23(13-16-33)35-25-7-5-4-6-24(25)30-28(35)37/h4-11,20,23H,12-19H2,1-3H3,(H,30,37). The summed E-state index contributed by atoms with van der Waals surface area (Å²) >= 11 is 1.41. The molecule has 8 nitrogen and oxygen atoms in total. The topological polar surface area (TPSA) is 87.1 Å². The van der Waals surface area contributed by atoms with Crippen LogP contribution in [-0.4, -0.2) is 55.9 Å². The van der Waals surface area contributed by atoms with Crippen LogP contribution in [0.15, 0.2) is 53.3 Å². The molecule has 4 aromatic rings. The highest BCUT2D eigenvalue weighted by Crippen LogP contribution is 2.26. The Morgan fingerprint density at radius 2 is 1.87 bits per heavy atom. The Bertz CT molecular complexity index is 1430. The SMILES string of the molecule is Cc1ccc(Cc2nsc(N(CCC(=O)N3CCC(n4c(=O)[nH]c5ccccc54)CC3)CC(C)C)n2)cc1. The molecule has 5 rings (SSSR count). The number of para-hydroxylation sites is 2. The molecule has 0 atom stereocenters. The van der Waals surface area contributed by atoms with Gasteiger partial charge in [-0.2, -0.15) is 4.37 Å². The Morgan fingerprint density at radius 3 is 2.61 bits per heavy atom. The molecule has 1 saturated heterocycles. The van der Waals surface area contributed by atoms with Crippen molar-refractivity contribution in [2.45, 2.75) is 52.5 Å². The van der Waals surface area contributed by atoms with Gasteiger partial charge in [-0.15, -0.1) is 0 Å². The van der Waals surface area contributed by atoms with E-state index in [1.807, 2.05) is 33.7 Å². The summed E-state index contributed by atoms with van der Waals surface area (Å²) in [6.07, 6.45) is 2.71. The first-order chi connectivity index (χ1) is 18.4. The fourth-order valence-corrected chi connectivity index (χ4v) is 5.96. The van der Waals surface area contributed by atoms with E-state index >= 15 is 0 Å². The Hall–Kier alpha value is -3.46. The number of aryl methyl sites for hydroxylation is 1. The van der Waals surface area contributed by atoms with Crippen molar-refractivity contribution in [3.8, 4) is 0 Å². The maximum absolute atomic E-state index is 13.2. The fraction of sp³-hybridized carbons (Fsp3) is 0.448. The van der Waals surface area contributed by atoms with E-state index in [4.69, 9.17) is 4.98 Å². The summed E-state index contributed by atoms with van der Waals surface area (Å²) in [5.74, 6) is 1.43. The number of aromatic amines is 1. The number of likely N-dealkylation sites (tertiary alicyclic amines) is 1. The number of nitrogens with one attached hydrogen (secondary N) is 1. The van der Waals surface area contributed by atoms with Gasteiger partial charge in [0.15, 0.2) is 0 Å². The second-order valence-electron chi connectivity index (χ2n) is 10.7. The number of piperidine rings is 1. The van der Waals surface area contributed by atoms with Crippen molar-refractivity contribution >= 4 is 33.6 Å². The van der Waals surface area contributed by atoms with Gasteiger partial charge in [-0.25, -0.2) is 9.78 Å². The van der Waals surface area contributed by atoms with E-state index in [1.165, 1.54) is 22.7 Å². The van der Waals surface area contributed by atoms with Crippen LogP contribution in [0.2, 0.25) is 0 Å². The first kappa shape index (κ1) is 26.2. The number of rotatable bonds is 9. The molecule has 2 aromatic carbocycles. The van der Waals surface area contributed by atoms with E-state index < -0.39 is 0 Å². The van der Waals surface area contributed by atoms with Gasteiger partial charge in [0.25, 0.3) is 0 Å². The number of fused-ring (bicyclic) bond motifs is 1. The van der Waals surface area contributed by atoms with Gasteiger partial charge in [0.1, 0.15) is 5.82 Å². The number of carbonyl (C=O) groups is 1. The zero-order chi connectivity index (χ0) is 26.6. The lowest BCUT2D eigenvalue weighted by atomic mass is 10.0. The number of carbonyl (C=O) groups excluding carboxylic acids is 1. The predicted molar refractivity (Wildman–Crippen MR) is 153 cm³/mol. The van der Waals surface area contributed by atoms with Crippen molar-refractivity contribution in [3.05, 3.63) is 76.0 Å². The Morgan fingerprint density at radius 1 is 1.13 bits per heavy atom. The molecule has 1 amide bonds. The summed E-state index contributed by atoms with van der Waals surface area (Å²) in [6.45, 7) is 9.23. The van der Waals surface area contributed by atoms with E-state index in [0.29, 0.717) is 38.4 Å². The van der Waals surface area contributed by atoms with Crippen LogP contribution in [0.1, 0.15) is 56.1 Å². The van der Waals surface area contributed by atoms with Crippen molar-refractivity contribution in [1.29, 1.82) is 0 Å². The van der Waals surface area contributed by atoms with Crippen LogP contribution in [0.4, 0.5) is 5.13 Å². The first-order valence-electron chi connectivity index (χ1n) is 13.5. The fourth-order valence-electron chi connectivity index (χ4n) is 5.24. The Labute approximate surface area is 227 Å². The summed E-state index contributed by atoms with van der Waals surface area (Å²) < 4.78 is 6.47. The first-order valence-corrected chi connectivity index (χ1v) is 14.2. The van der Waals surface area contributed by atoms with E-state index in [1.54, 1.807) is 0 Å². The minimum absolute atomic E-state index is 0.0703. The van der Waals surface area contributed by atoms with Crippen LogP contribution in [0, 0.1) is 12.8 Å². The quantitative estimate of drug-likeness (QED) is 0.335. The molecule has 1 N–H and O–H groups in total. The van der Waals surface area contributed by atoms with Crippen LogP contribution in [0.5, 0.6) is 0 Å². The molecule has 3 heterocycles. The van der Waals surface area contributed by atoms with Gasteiger partial charge in [0.2, 0.25) is 11.0 Å². The van der Waals surface area contributed by atoms with Crippen molar-refractivity contribution < 1.29 is 4.79 Å². The number of hydrogen-bond acceptors (Lipinski definition) is 6. The minimum atomic E-state index is -0.0703. The van der Waals surface area contributed by atoms with Crippen molar-refractivity contribution in [2.24, 2.45) is 5.92 Å².